The summed E-state index contributed by atoms with van der Waals surface area (Å²) in [4.78, 5) is 15.4. The van der Waals surface area contributed by atoms with Crippen LogP contribution in [-0.2, 0) is 4.79 Å². The van der Waals surface area contributed by atoms with Gasteiger partial charge in [-0.2, -0.15) is 4.98 Å². The molecule has 6 nitrogen and oxygen atoms in total. The van der Waals surface area contributed by atoms with Crippen LogP contribution in [0.4, 0.5) is 12.0 Å². The van der Waals surface area contributed by atoms with Crippen molar-refractivity contribution in [2.75, 3.05) is 11.1 Å². The number of nitrogen functional groups attached to an aromatic ring is 1. The first-order valence-corrected chi connectivity index (χ1v) is 4.93. The molecule has 0 aliphatic rings. The highest BCUT2D eigenvalue weighted by Crippen LogP contribution is 2.12. The Morgan fingerprint density at radius 1 is 1.60 bits per heavy atom. The Hall–Kier alpha value is -1.59. The number of nitrogens with zero attached hydrogens (tertiary/aromatic N) is 2. The van der Waals surface area contributed by atoms with Crippen LogP contribution >= 0.6 is 0 Å². The first-order chi connectivity index (χ1) is 7.04. The normalized spacial score (nSPS) is 12.8. The fraction of sp³-hybridized carbons (Fsp3) is 0.667. The maximum absolute atomic E-state index is 11.6. The van der Waals surface area contributed by atoms with Gasteiger partial charge in [0.25, 0.3) is 5.95 Å². The summed E-state index contributed by atoms with van der Waals surface area (Å²) in [5.41, 5.74) is 5.27. The minimum absolute atomic E-state index is 0.0102. The topological polar surface area (TPSA) is 94.0 Å². The van der Waals surface area contributed by atoms with E-state index in [2.05, 4.69) is 20.0 Å². The van der Waals surface area contributed by atoms with Crippen molar-refractivity contribution in [1.29, 1.82) is 0 Å². The highest BCUT2D eigenvalue weighted by molar-refractivity contribution is 5.86. The molecule has 0 spiro atoms. The minimum Gasteiger partial charge on any atom is -0.351 e. The van der Waals surface area contributed by atoms with E-state index in [-0.39, 0.29) is 29.7 Å². The van der Waals surface area contributed by atoms with Crippen molar-refractivity contribution in [3.8, 4) is 0 Å². The number of aromatic nitrogens is 2. The Balaban J connectivity index is 2.71. The number of carbonyl (C=O) groups is 1. The molecule has 0 fully saturated rings. The summed E-state index contributed by atoms with van der Waals surface area (Å²) in [7, 11) is 0. The van der Waals surface area contributed by atoms with Crippen LogP contribution in [0, 0.1) is 5.92 Å². The van der Waals surface area contributed by atoms with E-state index in [1.807, 2.05) is 20.8 Å². The van der Waals surface area contributed by atoms with Gasteiger partial charge in [0.05, 0.1) is 6.04 Å². The quantitative estimate of drug-likeness (QED) is 0.758. The van der Waals surface area contributed by atoms with Crippen molar-refractivity contribution in [3.63, 3.8) is 0 Å². The molecule has 0 saturated carbocycles. The molecule has 0 aliphatic heterocycles. The van der Waals surface area contributed by atoms with E-state index in [4.69, 9.17) is 5.73 Å². The molecule has 3 N–H and O–H groups in total. The van der Waals surface area contributed by atoms with Gasteiger partial charge < -0.3 is 15.6 Å². The molecular weight excluding hydrogens is 196 g/mol. The van der Waals surface area contributed by atoms with E-state index in [0.29, 0.717) is 6.42 Å². The highest BCUT2D eigenvalue weighted by atomic mass is 16.5. The third-order valence-electron chi connectivity index (χ3n) is 2.09. The summed E-state index contributed by atoms with van der Waals surface area (Å²) in [5, 5.41) is 6.48. The van der Waals surface area contributed by atoms with Crippen molar-refractivity contribution in [2.24, 2.45) is 5.92 Å². The van der Waals surface area contributed by atoms with Crippen LogP contribution in [0.2, 0.25) is 0 Å². The van der Waals surface area contributed by atoms with Gasteiger partial charge in [-0.15, -0.1) is 0 Å². The largest absolute Gasteiger partial charge is 0.351 e. The first kappa shape index (κ1) is 11.5. The lowest BCUT2D eigenvalue weighted by Gasteiger charge is -2.18. The number of hydrogen-bond donors (Lipinski definition) is 2. The third kappa shape index (κ3) is 2.93. The van der Waals surface area contributed by atoms with Crippen LogP contribution in [0.1, 0.15) is 27.2 Å². The van der Waals surface area contributed by atoms with E-state index in [0.717, 1.165) is 0 Å². The van der Waals surface area contributed by atoms with E-state index in [9.17, 15) is 4.79 Å². The van der Waals surface area contributed by atoms with Gasteiger partial charge in [-0.05, 0) is 11.1 Å². The SMILES string of the molecule is CCC(=O)C(Nc1noc(N)n1)C(C)C. The monoisotopic (exact) mass is 212 g/mol. The van der Waals surface area contributed by atoms with Crippen LogP contribution in [0.3, 0.4) is 0 Å². The predicted octanol–water partition coefficient (Wildman–Crippen LogP) is 1.07. The van der Waals surface area contributed by atoms with Crippen molar-refractivity contribution < 1.29 is 9.32 Å². The van der Waals surface area contributed by atoms with Gasteiger partial charge in [-0.3, -0.25) is 4.79 Å². The van der Waals surface area contributed by atoms with Gasteiger partial charge >= 0.3 is 6.01 Å². The molecular formula is C9H16N4O2. The molecule has 1 aromatic heterocycles. The van der Waals surface area contributed by atoms with E-state index < -0.39 is 0 Å². The van der Waals surface area contributed by atoms with Crippen molar-refractivity contribution >= 4 is 17.7 Å². The van der Waals surface area contributed by atoms with Gasteiger partial charge in [0, 0.05) is 6.42 Å². The molecule has 0 radical (unpaired) electrons. The number of Topliss-reactive ketones (excluding diaryl/α,β-unsaturated/α-hetero) is 1. The smallest absolute Gasteiger partial charge is 0.320 e. The van der Waals surface area contributed by atoms with E-state index in [1.165, 1.54) is 0 Å². The maximum atomic E-state index is 11.6. The molecule has 1 rings (SSSR count). The van der Waals surface area contributed by atoms with E-state index >= 15 is 0 Å². The van der Waals surface area contributed by atoms with Gasteiger partial charge in [0.1, 0.15) is 0 Å². The second-order valence-electron chi connectivity index (χ2n) is 3.64. The third-order valence-corrected chi connectivity index (χ3v) is 2.09. The van der Waals surface area contributed by atoms with E-state index in [1.54, 1.807) is 0 Å². The van der Waals surface area contributed by atoms with Crippen LogP contribution in [0.5, 0.6) is 0 Å². The molecule has 0 aromatic carbocycles. The molecule has 0 amide bonds. The lowest BCUT2D eigenvalue weighted by Crippen LogP contribution is -2.34. The first-order valence-electron chi connectivity index (χ1n) is 4.93. The lowest BCUT2D eigenvalue weighted by atomic mass is 9.99. The number of rotatable bonds is 5. The molecule has 1 unspecified atom stereocenters. The second-order valence-corrected chi connectivity index (χ2v) is 3.64. The Kier molecular flexibility index (Phi) is 3.65. The zero-order valence-electron chi connectivity index (χ0n) is 9.15. The van der Waals surface area contributed by atoms with Crippen LogP contribution in [0.15, 0.2) is 4.52 Å². The van der Waals surface area contributed by atoms with Gasteiger partial charge in [-0.25, -0.2) is 0 Å². The van der Waals surface area contributed by atoms with Gasteiger partial charge in [-0.1, -0.05) is 20.8 Å². The van der Waals surface area contributed by atoms with Gasteiger partial charge in [0.15, 0.2) is 5.78 Å². The Bertz CT molecular complexity index is 335. The molecule has 15 heavy (non-hydrogen) atoms. The number of nitrogens with two attached hydrogens (primary N) is 1. The van der Waals surface area contributed by atoms with Crippen LogP contribution in [-0.4, -0.2) is 22.0 Å². The Morgan fingerprint density at radius 2 is 2.27 bits per heavy atom. The number of anilines is 2. The number of nitrogens with one attached hydrogen (secondary N) is 1. The number of ketones is 1. The fourth-order valence-electron chi connectivity index (χ4n) is 1.27. The minimum atomic E-state index is -0.299. The molecule has 84 valence electrons. The molecule has 0 aliphatic carbocycles. The Morgan fingerprint density at radius 3 is 2.67 bits per heavy atom. The van der Waals surface area contributed by atoms with Crippen molar-refractivity contribution in [3.05, 3.63) is 0 Å². The summed E-state index contributed by atoms with van der Waals surface area (Å²) < 4.78 is 4.60. The summed E-state index contributed by atoms with van der Waals surface area (Å²) in [6.45, 7) is 5.73. The van der Waals surface area contributed by atoms with Crippen LogP contribution < -0.4 is 11.1 Å². The predicted molar refractivity (Wildman–Crippen MR) is 56.3 cm³/mol. The standard InChI is InChI=1S/C9H16N4O2/c1-4-6(14)7(5(2)3)11-9-12-8(10)15-13-9/h5,7H,4H2,1-3H3,(H3,10,11,12,13). The van der Waals surface area contributed by atoms with Crippen molar-refractivity contribution in [1.82, 2.24) is 10.1 Å². The molecule has 6 heteroatoms. The number of carbonyl (C=O) groups excluding carboxylic acids is 1. The van der Waals surface area contributed by atoms with Gasteiger partial charge in [0.2, 0.25) is 0 Å². The maximum Gasteiger partial charge on any atom is 0.320 e. The molecule has 0 saturated heterocycles. The average Bonchev–Trinajstić information content (AvgIpc) is 2.59. The van der Waals surface area contributed by atoms with Crippen molar-refractivity contribution in [2.45, 2.75) is 33.2 Å². The average molecular weight is 212 g/mol. The summed E-state index contributed by atoms with van der Waals surface area (Å²) in [6, 6.07) is -0.309. The molecule has 1 atom stereocenters. The zero-order chi connectivity index (χ0) is 11.4. The fourth-order valence-corrected chi connectivity index (χ4v) is 1.27. The molecule has 0 bridgehead atoms. The number of hydrogen-bond acceptors (Lipinski definition) is 6. The summed E-state index contributed by atoms with van der Waals surface area (Å²) in [6.07, 6.45) is 0.475. The lowest BCUT2D eigenvalue weighted by molar-refractivity contribution is -0.120. The Labute approximate surface area is 88.2 Å². The highest BCUT2D eigenvalue weighted by Gasteiger charge is 2.21. The molecule has 1 aromatic rings. The zero-order valence-corrected chi connectivity index (χ0v) is 9.15. The summed E-state index contributed by atoms with van der Waals surface area (Å²) in [5.74, 6) is 0.540. The summed E-state index contributed by atoms with van der Waals surface area (Å²) >= 11 is 0. The van der Waals surface area contributed by atoms with Crippen LogP contribution in [0.25, 0.3) is 0 Å². The molecule has 1 heterocycles. The second kappa shape index (κ2) is 4.77.